The molecule has 0 bridgehead atoms. The molecule has 96 valence electrons. The Balaban J connectivity index is 3.16. The fraction of sp³-hybridized carbons (Fsp3) is 0.400. The molecule has 0 amide bonds. The SMILES string of the molecule is FCOc1cc(CBr)cc(OCF)c1OCF. The number of hydrogen-bond acceptors (Lipinski definition) is 3. The Kier molecular flexibility index (Phi) is 5.96. The van der Waals surface area contributed by atoms with E-state index < -0.39 is 20.6 Å². The fourth-order valence-electron chi connectivity index (χ4n) is 1.24. The van der Waals surface area contributed by atoms with Gasteiger partial charge in [0, 0.05) is 5.33 Å². The van der Waals surface area contributed by atoms with Crippen molar-refractivity contribution in [2.75, 3.05) is 20.6 Å². The molecule has 0 aliphatic heterocycles. The maximum Gasteiger partial charge on any atom is 0.229 e. The quantitative estimate of drug-likeness (QED) is 0.721. The van der Waals surface area contributed by atoms with E-state index in [0.717, 1.165) is 0 Å². The van der Waals surface area contributed by atoms with Gasteiger partial charge in [-0.05, 0) is 17.7 Å². The van der Waals surface area contributed by atoms with Gasteiger partial charge in [-0.3, -0.25) is 0 Å². The van der Waals surface area contributed by atoms with Crippen LogP contribution < -0.4 is 14.2 Å². The molecule has 0 saturated carbocycles. The number of alkyl halides is 4. The minimum Gasteiger partial charge on any atom is -0.459 e. The average molecular weight is 315 g/mol. The van der Waals surface area contributed by atoms with Gasteiger partial charge in [0.05, 0.1) is 0 Å². The molecule has 0 aromatic heterocycles. The summed E-state index contributed by atoms with van der Waals surface area (Å²) in [6, 6.07) is 2.90. The van der Waals surface area contributed by atoms with Crippen molar-refractivity contribution >= 4 is 15.9 Å². The van der Waals surface area contributed by atoms with Crippen LogP contribution in [0.3, 0.4) is 0 Å². The van der Waals surface area contributed by atoms with Crippen LogP contribution in [-0.4, -0.2) is 20.6 Å². The molecule has 1 aromatic rings. The highest BCUT2D eigenvalue weighted by atomic mass is 79.9. The lowest BCUT2D eigenvalue weighted by molar-refractivity contribution is 0.140. The first-order chi connectivity index (χ1) is 8.26. The minimum absolute atomic E-state index is 0.0365. The molecule has 1 aromatic carbocycles. The van der Waals surface area contributed by atoms with Gasteiger partial charge < -0.3 is 14.2 Å². The van der Waals surface area contributed by atoms with E-state index in [-0.39, 0.29) is 17.2 Å². The van der Waals surface area contributed by atoms with Crippen LogP contribution in [-0.2, 0) is 5.33 Å². The van der Waals surface area contributed by atoms with Crippen LogP contribution >= 0.6 is 15.9 Å². The zero-order valence-corrected chi connectivity index (χ0v) is 10.3. The molecule has 7 heteroatoms. The summed E-state index contributed by atoms with van der Waals surface area (Å²) in [6.45, 7) is -3.37. The van der Waals surface area contributed by atoms with Crippen molar-refractivity contribution < 1.29 is 27.4 Å². The van der Waals surface area contributed by atoms with Gasteiger partial charge in [0.25, 0.3) is 0 Å². The molecule has 1 rings (SSSR count). The van der Waals surface area contributed by atoms with Gasteiger partial charge in [-0.15, -0.1) is 0 Å². The molecule has 0 N–H and O–H groups in total. The Morgan fingerprint density at radius 3 is 1.71 bits per heavy atom. The summed E-state index contributed by atoms with van der Waals surface area (Å²) in [6.07, 6.45) is 0. The summed E-state index contributed by atoms with van der Waals surface area (Å²) in [5.41, 5.74) is 0.656. The molecule has 0 unspecified atom stereocenters. The predicted octanol–water partition coefficient (Wildman–Crippen LogP) is 3.50. The lowest BCUT2D eigenvalue weighted by Crippen LogP contribution is -2.02. The molecule has 17 heavy (non-hydrogen) atoms. The number of halogens is 4. The van der Waals surface area contributed by atoms with Gasteiger partial charge in [0.15, 0.2) is 11.5 Å². The third kappa shape index (κ3) is 3.69. The van der Waals surface area contributed by atoms with Gasteiger partial charge >= 0.3 is 0 Å². The molecule has 0 atom stereocenters. The lowest BCUT2D eigenvalue weighted by Gasteiger charge is -2.14. The molecule has 0 radical (unpaired) electrons. The van der Waals surface area contributed by atoms with Crippen LogP contribution in [0.1, 0.15) is 5.56 Å². The maximum atomic E-state index is 12.2. The van der Waals surface area contributed by atoms with E-state index in [1.54, 1.807) is 0 Å². The Labute approximate surface area is 105 Å². The average Bonchev–Trinajstić information content (AvgIpc) is 2.33. The minimum atomic E-state index is -1.15. The van der Waals surface area contributed by atoms with Gasteiger partial charge in [-0.1, -0.05) is 15.9 Å². The highest BCUT2D eigenvalue weighted by molar-refractivity contribution is 9.08. The van der Waals surface area contributed by atoms with Gasteiger partial charge in [-0.25, -0.2) is 13.2 Å². The smallest absolute Gasteiger partial charge is 0.229 e. The van der Waals surface area contributed by atoms with Crippen molar-refractivity contribution in [1.29, 1.82) is 0 Å². The summed E-state index contributed by atoms with van der Waals surface area (Å²) in [5, 5.41) is 0.425. The first-order valence-electron chi connectivity index (χ1n) is 4.56. The summed E-state index contributed by atoms with van der Waals surface area (Å²) in [7, 11) is 0. The molecule has 0 aliphatic rings. The number of ether oxygens (including phenoxy) is 3. The van der Waals surface area contributed by atoms with Crippen molar-refractivity contribution in [3.63, 3.8) is 0 Å². The van der Waals surface area contributed by atoms with Crippen molar-refractivity contribution in [2.24, 2.45) is 0 Å². The first-order valence-corrected chi connectivity index (χ1v) is 5.68. The fourth-order valence-corrected chi connectivity index (χ4v) is 1.56. The molecule has 0 spiro atoms. The molecule has 0 heterocycles. The first kappa shape index (κ1) is 14.0. The van der Waals surface area contributed by atoms with Crippen LogP contribution in [0.4, 0.5) is 13.2 Å². The zero-order chi connectivity index (χ0) is 12.7. The zero-order valence-electron chi connectivity index (χ0n) is 8.72. The van der Waals surface area contributed by atoms with Gasteiger partial charge in [0.2, 0.25) is 26.3 Å². The standard InChI is InChI=1S/C10H10BrF3O3/c11-3-7-1-8(15-4-12)10(17-6-14)9(2-7)16-5-13/h1-2H,3-6H2. The highest BCUT2D eigenvalue weighted by Crippen LogP contribution is 2.39. The van der Waals surface area contributed by atoms with E-state index in [1.165, 1.54) is 12.1 Å². The molecule has 3 nitrogen and oxygen atoms in total. The Hall–Kier alpha value is -1.11. The lowest BCUT2D eigenvalue weighted by atomic mass is 10.2. The Morgan fingerprint density at radius 1 is 0.882 bits per heavy atom. The molecule has 0 aliphatic carbocycles. The second kappa shape index (κ2) is 7.26. The van der Waals surface area contributed by atoms with Crippen molar-refractivity contribution in [3.05, 3.63) is 17.7 Å². The van der Waals surface area contributed by atoms with Crippen LogP contribution in [0.15, 0.2) is 12.1 Å². The van der Waals surface area contributed by atoms with Crippen LogP contribution in [0.5, 0.6) is 17.2 Å². The Morgan fingerprint density at radius 2 is 1.35 bits per heavy atom. The number of benzene rings is 1. The largest absolute Gasteiger partial charge is 0.459 e. The normalized spacial score (nSPS) is 10.1. The van der Waals surface area contributed by atoms with Crippen molar-refractivity contribution in [2.45, 2.75) is 5.33 Å². The second-order valence-electron chi connectivity index (χ2n) is 2.82. The highest BCUT2D eigenvalue weighted by Gasteiger charge is 2.15. The number of rotatable bonds is 7. The predicted molar refractivity (Wildman–Crippen MR) is 58.9 cm³/mol. The maximum absolute atomic E-state index is 12.2. The van der Waals surface area contributed by atoms with E-state index in [0.29, 0.717) is 10.9 Å². The summed E-state index contributed by atoms with van der Waals surface area (Å²) in [4.78, 5) is 0. The van der Waals surface area contributed by atoms with E-state index in [9.17, 15) is 13.2 Å². The van der Waals surface area contributed by atoms with E-state index in [2.05, 4.69) is 30.1 Å². The van der Waals surface area contributed by atoms with Gasteiger partial charge in [0.1, 0.15) is 0 Å². The summed E-state index contributed by atoms with van der Waals surface area (Å²) in [5.74, 6) is -0.233. The van der Waals surface area contributed by atoms with Crippen LogP contribution in [0.2, 0.25) is 0 Å². The number of hydrogen-bond donors (Lipinski definition) is 0. The van der Waals surface area contributed by atoms with Crippen LogP contribution in [0.25, 0.3) is 0 Å². The topological polar surface area (TPSA) is 27.7 Å². The second-order valence-corrected chi connectivity index (χ2v) is 3.38. The molecular weight excluding hydrogens is 305 g/mol. The molecular formula is C10H10BrF3O3. The van der Waals surface area contributed by atoms with E-state index in [4.69, 9.17) is 0 Å². The molecule has 0 fully saturated rings. The van der Waals surface area contributed by atoms with E-state index in [1.807, 2.05) is 0 Å². The monoisotopic (exact) mass is 314 g/mol. The summed E-state index contributed by atoms with van der Waals surface area (Å²) >= 11 is 3.18. The third-order valence-electron chi connectivity index (χ3n) is 1.85. The summed E-state index contributed by atoms with van der Waals surface area (Å²) < 4.78 is 50.4. The Bertz CT molecular complexity index is 336. The van der Waals surface area contributed by atoms with E-state index >= 15 is 0 Å². The third-order valence-corrected chi connectivity index (χ3v) is 2.50. The van der Waals surface area contributed by atoms with Crippen molar-refractivity contribution in [1.82, 2.24) is 0 Å². The molecule has 0 saturated heterocycles. The van der Waals surface area contributed by atoms with Crippen molar-refractivity contribution in [3.8, 4) is 17.2 Å². The van der Waals surface area contributed by atoms with Crippen LogP contribution in [0, 0.1) is 0 Å². The van der Waals surface area contributed by atoms with Gasteiger partial charge in [-0.2, -0.15) is 0 Å².